The first-order valence-electron chi connectivity index (χ1n) is 5.49. The van der Waals surface area contributed by atoms with Crippen LogP contribution in [0.1, 0.15) is 5.56 Å². The highest BCUT2D eigenvalue weighted by Gasteiger charge is 2.13. The van der Waals surface area contributed by atoms with E-state index in [1.165, 1.54) is 0 Å². The number of carboxylic acid groups (broad SMARTS) is 1. The van der Waals surface area contributed by atoms with Crippen molar-refractivity contribution in [3.63, 3.8) is 0 Å². The van der Waals surface area contributed by atoms with E-state index >= 15 is 0 Å². The minimum atomic E-state index is -3.11. The lowest BCUT2D eigenvalue weighted by Gasteiger charge is -2.22. The lowest BCUT2D eigenvalue weighted by atomic mass is 10.2. The average Bonchev–Trinajstić information content (AvgIpc) is 2.24. The average molecular weight is 271 g/mol. The van der Waals surface area contributed by atoms with Crippen molar-refractivity contribution >= 4 is 21.5 Å². The number of carboxylic acids is 1. The summed E-state index contributed by atoms with van der Waals surface area (Å²) >= 11 is 0. The first-order valence-corrected chi connectivity index (χ1v) is 7.55. The summed E-state index contributed by atoms with van der Waals surface area (Å²) in [5, 5.41) is 8.84. The molecule has 0 unspecified atom stereocenters. The molecule has 0 aliphatic carbocycles. The van der Waals surface area contributed by atoms with E-state index in [0.717, 1.165) is 11.8 Å². The molecule has 0 heterocycles. The number of benzene rings is 1. The van der Waals surface area contributed by atoms with Crippen LogP contribution in [0.2, 0.25) is 0 Å². The lowest BCUT2D eigenvalue weighted by molar-refractivity contribution is -0.135. The largest absolute Gasteiger partial charge is 0.480 e. The molecule has 0 aromatic heterocycles. The zero-order chi connectivity index (χ0) is 13.8. The highest BCUT2D eigenvalue weighted by atomic mass is 32.2. The second-order valence-corrected chi connectivity index (χ2v) is 6.54. The van der Waals surface area contributed by atoms with Gasteiger partial charge in [-0.05, 0) is 19.1 Å². The summed E-state index contributed by atoms with van der Waals surface area (Å²) in [6.07, 6.45) is 1.14. The van der Waals surface area contributed by atoms with E-state index < -0.39 is 15.8 Å². The Labute approximate surface area is 107 Å². The van der Waals surface area contributed by atoms with Crippen LogP contribution in [0.4, 0.5) is 5.69 Å². The summed E-state index contributed by atoms with van der Waals surface area (Å²) in [5.41, 5.74) is 1.78. The number of aliphatic carboxylic acids is 1. The van der Waals surface area contributed by atoms with E-state index in [9.17, 15) is 13.2 Å². The third-order valence-electron chi connectivity index (χ3n) is 2.46. The van der Waals surface area contributed by atoms with Gasteiger partial charge in [-0.1, -0.05) is 17.7 Å². The van der Waals surface area contributed by atoms with Crippen molar-refractivity contribution in [3.05, 3.63) is 29.8 Å². The minimum absolute atomic E-state index is 0.0614. The molecule has 0 atom stereocenters. The monoisotopic (exact) mass is 271 g/mol. The van der Waals surface area contributed by atoms with Crippen molar-refractivity contribution in [3.8, 4) is 0 Å². The molecule has 0 aliphatic heterocycles. The molecular formula is C12H17NO4S. The van der Waals surface area contributed by atoms with Gasteiger partial charge in [0, 0.05) is 18.5 Å². The molecule has 5 nitrogen and oxygen atoms in total. The van der Waals surface area contributed by atoms with Gasteiger partial charge in [0.2, 0.25) is 0 Å². The predicted octanol–water partition coefficient (Wildman–Crippen LogP) is 0.931. The summed E-state index contributed by atoms with van der Waals surface area (Å²) in [6, 6.07) is 7.32. The van der Waals surface area contributed by atoms with E-state index in [2.05, 4.69) is 0 Å². The Morgan fingerprint density at radius 2 is 1.83 bits per heavy atom. The van der Waals surface area contributed by atoms with Crippen LogP contribution in [0.25, 0.3) is 0 Å². The molecule has 0 aliphatic rings. The highest BCUT2D eigenvalue weighted by molar-refractivity contribution is 7.90. The quantitative estimate of drug-likeness (QED) is 0.833. The standard InChI is InChI=1S/C12H17NO4S/c1-10-3-5-11(6-4-10)13(9-12(14)15)7-8-18(2,16)17/h3-6H,7-9H2,1-2H3,(H,14,15). The van der Waals surface area contributed by atoms with Crippen molar-refractivity contribution in [2.45, 2.75) is 6.92 Å². The summed E-state index contributed by atoms with van der Waals surface area (Å²) in [5.74, 6) is -1.04. The number of anilines is 1. The maximum absolute atomic E-state index is 11.1. The number of hydrogen-bond acceptors (Lipinski definition) is 4. The van der Waals surface area contributed by atoms with E-state index in [-0.39, 0.29) is 18.8 Å². The number of hydrogen-bond donors (Lipinski definition) is 1. The van der Waals surface area contributed by atoms with Crippen molar-refractivity contribution in [2.75, 3.05) is 30.0 Å². The Morgan fingerprint density at radius 3 is 2.28 bits per heavy atom. The maximum Gasteiger partial charge on any atom is 0.323 e. The van der Waals surface area contributed by atoms with Gasteiger partial charge in [0.25, 0.3) is 0 Å². The van der Waals surface area contributed by atoms with E-state index in [1.54, 1.807) is 17.0 Å². The summed E-state index contributed by atoms with van der Waals surface area (Å²) < 4.78 is 22.3. The summed E-state index contributed by atoms with van der Waals surface area (Å²) in [6.45, 7) is 1.90. The topological polar surface area (TPSA) is 74.7 Å². The van der Waals surface area contributed by atoms with Gasteiger partial charge in [-0.25, -0.2) is 8.42 Å². The van der Waals surface area contributed by atoms with Crippen LogP contribution in [0.15, 0.2) is 24.3 Å². The molecule has 0 fully saturated rings. The van der Waals surface area contributed by atoms with Gasteiger partial charge in [0.15, 0.2) is 0 Å². The third kappa shape index (κ3) is 5.18. The van der Waals surface area contributed by atoms with Gasteiger partial charge in [0.05, 0.1) is 5.75 Å². The van der Waals surface area contributed by atoms with Crippen LogP contribution >= 0.6 is 0 Å². The molecule has 1 rings (SSSR count). The van der Waals surface area contributed by atoms with Gasteiger partial charge in [0.1, 0.15) is 16.4 Å². The lowest BCUT2D eigenvalue weighted by Crippen LogP contribution is -2.33. The van der Waals surface area contributed by atoms with E-state index in [4.69, 9.17) is 5.11 Å². The van der Waals surface area contributed by atoms with Crippen molar-refractivity contribution in [1.82, 2.24) is 0 Å². The molecule has 0 spiro atoms. The Hall–Kier alpha value is -1.56. The number of sulfone groups is 1. The highest BCUT2D eigenvalue weighted by Crippen LogP contribution is 2.14. The van der Waals surface area contributed by atoms with Crippen LogP contribution in [-0.2, 0) is 14.6 Å². The minimum Gasteiger partial charge on any atom is -0.480 e. The SMILES string of the molecule is Cc1ccc(N(CCS(C)(=O)=O)CC(=O)O)cc1. The number of nitrogens with zero attached hydrogens (tertiary/aromatic N) is 1. The van der Waals surface area contributed by atoms with Crippen LogP contribution in [0.3, 0.4) is 0 Å². The number of rotatable bonds is 6. The van der Waals surface area contributed by atoms with Crippen LogP contribution in [0, 0.1) is 6.92 Å². The number of carbonyl (C=O) groups is 1. The zero-order valence-corrected chi connectivity index (χ0v) is 11.3. The van der Waals surface area contributed by atoms with Gasteiger partial charge in [-0.2, -0.15) is 0 Å². The second-order valence-electron chi connectivity index (χ2n) is 4.28. The normalized spacial score (nSPS) is 11.2. The molecule has 0 radical (unpaired) electrons. The predicted molar refractivity (Wildman–Crippen MR) is 70.7 cm³/mol. The van der Waals surface area contributed by atoms with Crippen LogP contribution in [-0.4, -0.2) is 44.6 Å². The first-order chi connectivity index (χ1) is 8.28. The fraction of sp³-hybridized carbons (Fsp3) is 0.417. The van der Waals surface area contributed by atoms with Crippen molar-refractivity contribution in [1.29, 1.82) is 0 Å². The molecule has 1 aromatic rings. The molecule has 0 bridgehead atoms. The Bertz CT molecular complexity index is 507. The fourth-order valence-corrected chi connectivity index (χ4v) is 2.05. The van der Waals surface area contributed by atoms with E-state index in [0.29, 0.717) is 5.69 Å². The van der Waals surface area contributed by atoms with Gasteiger partial charge in [-0.3, -0.25) is 4.79 Å². The van der Waals surface area contributed by atoms with Gasteiger partial charge in [-0.15, -0.1) is 0 Å². The molecular weight excluding hydrogens is 254 g/mol. The van der Waals surface area contributed by atoms with Crippen molar-refractivity contribution in [2.24, 2.45) is 0 Å². The van der Waals surface area contributed by atoms with Crippen LogP contribution < -0.4 is 4.90 Å². The molecule has 0 amide bonds. The van der Waals surface area contributed by atoms with Gasteiger partial charge < -0.3 is 10.0 Å². The molecule has 18 heavy (non-hydrogen) atoms. The van der Waals surface area contributed by atoms with Crippen molar-refractivity contribution < 1.29 is 18.3 Å². The zero-order valence-electron chi connectivity index (χ0n) is 10.5. The molecule has 0 saturated heterocycles. The second kappa shape index (κ2) is 5.86. The molecule has 6 heteroatoms. The van der Waals surface area contributed by atoms with Crippen LogP contribution in [0.5, 0.6) is 0 Å². The number of aryl methyl sites for hydroxylation is 1. The Morgan fingerprint density at radius 1 is 1.28 bits per heavy atom. The fourth-order valence-electron chi connectivity index (χ4n) is 1.49. The molecule has 1 aromatic carbocycles. The third-order valence-corrected chi connectivity index (χ3v) is 3.38. The Balaban J connectivity index is 2.84. The van der Waals surface area contributed by atoms with Gasteiger partial charge >= 0.3 is 5.97 Å². The summed E-state index contributed by atoms with van der Waals surface area (Å²) in [4.78, 5) is 12.3. The molecule has 1 N–H and O–H groups in total. The first kappa shape index (κ1) is 14.5. The smallest absolute Gasteiger partial charge is 0.323 e. The maximum atomic E-state index is 11.1. The van der Waals surface area contributed by atoms with E-state index in [1.807, 2.05) is 19.1 Å². The molecule has 0 saturated carbocycles. The Kier molecular flexibility index (Phi) is 4.72. The summed E-state index contributed by atoms with van der Waals surface area (Å²) in [7, 11) is -3.11. The molecule has 100 valence electrons.